The maximum Gasteiger partial charge on any atom is 0.124 e. The van der Waals surface area contributed by atoms with Crippen LogP contribution >= 0.6 is 0 Å². The van der Waals surface area contributed by atoms with E-state index >= 15 is 0 Å². The molecule has 3 atom stereocenters. The van der Waals surface area contributed by atoms with Crippen molar-refractivity contribution in [3.8, 4) is 0 Å². The Hall–Kier alpha value is -1.28. The molecule has 1 aliphatic carbocycles. The zero-order chi connectivity index (χ0) is 11.5. The van der Waals surface area contributed by atoms with Crippen LogP contribution in [0.2, 0.25) is 0 Å². The molecule has 17 heavy (non-hydrogen) atoms. The van der Waals surface area contributed by atoms with Crippen molar-refractivity contribution in [1.29, 1.82) is 0 Å². The molecular formula is C15H18O2. The van der Waals surface area contributed by atoms with Crippen LogP contribution in [0.1, 0.15) is 37.4 Å². The highest BCUT2D eigenvalue weighted by molar-refractivity contribution is 5.21. The molecule has 0 aromatic heterocycles. The standard InChI is InChI=1S/C15H18O2/c1-2-6-12(7-3-1)13-10-11-16-14-8-4-5-9-15(14)17-13/h1-3,6-7,10-11,13-15H,4-5,8-9H2/t13-,14+,15-/m0/s1. The molecule has 3 rings (SSSR count). The van der Waals surface area contributed by atoms with Crippen LogP contribution in [0.15, 0.2) is 42.7 Å². The molecule has 0 radical (unpaired) electrons. The third kappa shape index (κ3) is 2.37. The number of rotatable bonds is 1. The summed E-state index contributed by atoms with van der Waals surface area (Å²) in [4.78, 5) is 0. The van der Waals surface area contributed by atoms with Gasteiger partial charge in [-0.3, -0.25) is 0 Å². The van der Waals surface area contributed by atoms with Gasteiger partial charge in [-0.1, -0.05) is 36.8 Å². The van der Waals surface area contributed by atoms with E-state index < -0.39 is 0 Å². The first-order valence-electron chi connectivity index (χ1n) is 6.46. The number of hydrogen-bond acceptors (Lipinski definition) is 2. The minimum Gasteiger partial charge on any atom is -0.496 e. The van der Waals surface area contributed by atoms with Crippen LogP contribution in [0.25, 0.3) is 0 Å². The van der Waals surface area contributed by atoms with Crippen molar-refractivity contribution in [3.05, 3.63) is 48.2 Å². The predicted molar refractivity (Wildman–Crippen MR) is 66.5 cm³/mol. The molecule has 0 N–H and O–H groups in total. The summed E-state index contributed by atoms with van der Waals surface area (Å²) in [5.41, 5.74) is 1.21. The van der Waals surface area contributed by atoms with E-state index in [2.05, 4.69) is 24.3 Å². The first-order valence-corrected chi connectivity index (χ1v) is 6.46. The van der Waals surface area contributed by atoms with Crippen molar-refractivity contribution < 1.29 is 9.47 Å². The fourth-order valence-electron chi connectivity index (χ4n) is 2.66. The van der Waals surface area contributed by atoms with Crippen LogP contribution in [0.5, 0.6) is 0 Å². The minimum absolute atomic E-state index is 0.0456. The summed E-state index contributed by atoms with van der Waals surface area (Å²) in [7, 11) is 0. The quantitative estimate of drug-likeness (QED) is 0.734. The summed E-state index contributed by atoms with van der Waals surface area (Å²) in [6, 6.07) is 10.4. The van der Waals surface area contributed by atoms with Gasteiger partial charge in [-0.25, -0.2) is 0 Å². The normalized spacial score (nSPS) is 32.4. The highest BCUT2D eigenvalue weighted by Gasteiger charge is 2.30. The Morgan fingerprint density at radius 1 is 0.941 bits per heavy atom. The molecular weight excluding hydrogens is 212 g/mol. The van der Waals surface area contributed by atoms with Gasteiger partial charge in [0.1, 0.15) is 12.2 Å². The number of hydrogen-bond donors (Lipinski definition) is 0. The van der Waals surface area contributed by atoms with E-state index in [4.69, 9.17) is 9.47 Å². The average molecular weight is 230 g/mol. The smallest absolute Gasteiger partial charge is 0.124 e. The van der Waals surface area contributed by atoms with E-state index in [-0.39, 0.29) is 18.3 Å². The minimum atomic E-state index is 0.0456. The van der Waals surface area contributed by atoms with Gasteiger partial charge in [0.05, 0.1) is 12.4 Å². The zero-order valence-electron chi connectivity index (χ0n) is 9.92. The van der Waals surface area contributed by atoms with E-state index in [0.29, 0.717) is 0 Å². The molecule has 1 fully saturated rings. The summed E-state index contributed by atoms with van der Waals surface area (Å²) in [5.74, 6) is 0. The van der Waals surface area contributed by atoms with Crippen LogP contribution in [0.3, 0.4) is 0 Å². The molecule has 90 valence electrons. The molecule has 1 saturated carbocycles. The van der Waals surface area contributed by atoms with Gasteiger partial charge in [0.2, 0.25) is 0 Å². The van der Waals surface area contributed by atoms with Crippen molar-refractivity contribution >= 4 is 0 Å². The number of fused-ring (bicyclic) bond motifs is 1. The third-order valence-electron chi connectivity index (χ3n) is 3.60. The van der Waals surface area contributed by atoms with Crippen LogP contribution in [-0.4, -0.2) is 12.2 Å². The largest absolute Gasteiger partial charge is 0.496 e. The van der Waals surface area contributed by atoms with Crippen LogP contribution in [0, 0.1) is 0 Å². The monoisotopic (exact) mass is 230 g/mol. The molecule has 1 aromatic carbocycles. The second kappa shape index (κ2) is 4.92. The number of benzene rings is 1. The molecule has 2 aliphatic rings. The Labute approximate surface area is 102 Å². The molecule has 1 aromatic rings. The summed E-state index contributed by atoms with van der Waals surface area (Å²) in [6.45, 7) is 0. The summed E-state index contributed by atoms with van der Waals surface area (Å²) < 4.78 is 11.9. The highest BCUT2D eigenvalue weighted by atomic mass is 16.6. The lowest BCUT2D eigenvalue weighted by atomic mass is 9.94. The summed E-state index contributed by atoms with van der Waals surface area (Å²) in [5, 5.41) is 0. The van der Waals surface area contributed by atoms with Crippen molar-refractivity contribution in [2.45, 2.75) is 44.0 Å². The van der Waals surface area contributed by atoms with E-state index in [0.717, 1.165) is 12.8 Å². The van der Waals surface area contributed by atoms with Gasteiger partial charge < -0.3 is 9.47 Å². The summed E-state index contributed by atoms with van der Waals surface area (Å²) >= 11 is 0. The second-order valence-electron chi connectivity index (χ2n) is 4.79. The maximum absolute atomic E-state index is 6.19. The van der Waals surface area contributed by atoms with E-state index in [1.54, 1.807) is 0 Å². The van der Waals surface area contributed by atoms with Gasteiger partial charge in [-0.05, 0) is 30.9 Å². The second-order valence-corrected chi connectivity index (χ2v) is 4.79. The van der Waals surface area contributed by atoms with Gasteiger partial charge in [-0.2, -0.15) is 0 Å². The first-order chi connectivity index (χ1) is 8.43. The first kappa shape index (κ1) is 10.8. The fourth-order valence-corrected chi connectivity index (χ4v) is 2.66. The Morgan fingerprint density at radius 3 is 2.53 bits per heavy atom. The molecule has 0 amide bonds. The van der Waals surface area contributed by atoms with Crippen LogP contribution in [-0.2, 0) is 9.47 Å². The third-order valence-corrected chi connectivity index (χ3v) is 3.60. The maximum atomic E-state index is 6.19. The Morgan fingerprint density at radius 2 is 1.71 bits per heavy atom. The van der Waals surface area contributed by atoms with E-state index in [1.165, 1.54) is 18.4 Å². The molecule has 0 bridgehead atoms. The predicted octanol–water partition coefficient (Wildman–Crippen LogP) is 3.60. The lowest BCUT2D eigenvalue weighted by molar-refractivity contribution is -0.0728. The van der Waals surface area contributed by atoms with Crippen LogP contribution in [0.4, 0.5) is 0 Å². The fraction of sp³-hybridized carbons (Fsp3) is 0.467. The van der Waals surface area contributed by atoms with Crippen molar-refractivity contribution in [2.75, 3.05) is 0 Å². The highest BCUT2D eigenvalue weighted by Crippen LogP contribution is 2.32. The van der Waals surface area contributed by atoms with Gasteiger partial charge in [0, 0.05) is 0 Å². The van der Waals surface area contributed by atoms with Crippen molar-refractivity contribution in [3.63, 3.8) is 0 Å². The average Bonchev–Trinajstić information content (AvgIpc) is 2.62. The molecule has 1 aliphatic heterocycles. The molecule has 2 nitrogen and oxygen atoms in total. The lowest BCUT2D eigenvalue weighted by Gasteiger charge is -2.30. The van der Waals surface area contributed by atoms with E-state index in [9.17, 15) is 0 Å². The van der Waals surface area contributed by atoms with Gasteiger partial charge >= 0.3 is 0 Å². The number of ether oxygens (including phenoxy) is 2. The van der Waals surface area contributed by atoms with Gasteiger partial charge in [-0.15, -0.1) is 0 Å². The zero-order valence-corrected chi connectivity index (χ0v) is 9.92. The van der Waals surface area contributed by atoms with Crippen molar-refractivity contribution in [2.24, 2.45) is 0 Å². The Kier molecular flexibility index (Phi) is 3.14. The lowest BCUT2D eigenvalue weighted by Crippen LogP contribution is -2.33. The molecule has 1 heterocycles. The molecule has 0 spiro atoms. The SMILES string of the molecule is C1=C[C@@H](c2ccccc2)O[C@H]2CCCC[C@H]2O1. The van der Waals surface area contributed by atoms with E-state index in [1.807, 2.05) is 18.4 Å². The topological polar surface area (TPSA) is 18.5 Å². The van der Waals surface area contributed by atoms with Gasteiger partial charge in [0.15, 0.2) is 0 Å². The van der Waals surface area contributed by atoms with Gasteiger partial charge in [0.25, 0.3) is 0 Å². The Bertz CT molecular complexity index is 385. The Balaban J connectivity index is 1.78. The molecule has 0 unspecified atom stereocenters. The van der Waals surface area contributed by atoms with Crippen LogP contribution < -0.4 is 0 Å². The summed E-state index contributed by atoms with van der Waals surface area (Å²) in [6.07, 6.45) is 9.16. The van der Waals surface area contributed by atoms with Crippen molar-refractivity contribution in [1.82, 2.24) is 0 Å². The molecule has 2 heteroatoms. The molecule has 0 saturated heterocycles.